The molecule has 0 saturated heterocycles. The second-order valence-electron chi connectivity index (χ2n) is 5.88. The van der Waals surface area contributed by atoms with Gasteiger partial charge in [0, 0.05) is 23.9 Å². The largest absolute Gasteiger partial charge is 0.397 e. The minimum Gasteiger partial charge on any atom is -0.397 e. The topological polar surface area (TPSA) is 99.9 Å². The molecule has 0 saturated carbocycles. The third kappa shape index (κ3) is 2.75. The number of nitrogens with zero attached hydrogens (tertiary/aromatic N) is 4. The molecule has 0 aliphatic heterocycles. The van der Waals surface area contributed by atoms with Gasteiger partial charge in [-0.2, -0.15) is 0 Å². The van der Waals surface area contributed by atoms with Crippen molar-refractivity contribution in [3.63, 3.8) is 0 Å². The number of hydrogen-bond acceptors (Lipinski definition) is 5. The molecule has 2 aromatic heterocycles. The van der Waals surface area contributed by atoms with Crippen LogP contribution in [0.3, 0.4) is 0 Å². The van der Waals surface area contributed by atoms with Gasteiger partial charge in [-0.3, -0.25) is 10.1 Å². The maximum Gasteiger partial charge on any atom is 0.269 e. The molecule has 0 radical (unpaired) electrons. The lowest BCUT2D eigenvalue weighted by molar-refractivity contribution is -0.384. The highest BCUT2D eigenvalue weighted by molar-refractivity contribution is 5.87. The number of fused-ring (bicyclic) bond motifs is 1. The fraction of sp³-hybridized carbons (Fsp3) is 0.0526. The Morgan fingerprint density at radius 3 is 2.46 bits per heavy atom. The average molecular weight is 345 g/mol. The van der Waals surface area contributed by atoms with E-state index in [9.17, 15) is 10.1 Å². The standard InChI is InChI=1S/C19H15N5O2/c20-16-10-11-21-19-17(16)22-18(14-6-8-15(9-7-14)24(25)26)23(19)12-13-4-2-1-3-5-13/h1-11H,12H2,(H2,20,21). The summed E-state index contributed by atoms with van der Waals surface area (Å²) in [5.41, 5.74) is 9.82. The molecule has 2 aromatic carbocycles. The molecular formula is C19H15N5O2. The molecule has 4 aromatic rings. The molecule has 0 atom stereocenters. The van der Waals surface area contributed by atoms with Crippen molar-refractivity contribution in [2.45, 2.75) is 6.54 Å². The van der Waals surface area contributed by atoms with Crippen LogP contribution in [0.4, 0.5) is 11.4 Å². The minimum absolute atomic E-state index is 0.0390. The summed E-state index contributed by atoms with van der Waals surface area (Å²) in [6.07, 6.45) is 1.65. The van der Waals surface area contributed by atoms with E-state index < -0.39 is 4.92 Å². The van der Waals surface area contributed by atoms with E-state index in [0.29, 0.717) is 29.2 Å². The fourth-order valence-electron chi connectivity index (χ4n) is 2.90. The van der Waals surface area contributed by atoms with Gasteiger partial charge in [0.2, 0.25) is 0 Å². The molecule has 0 amide bonds. The third-order valence-corrected chi connectivity index (χ3v) is 4.19. The molecule has 0 bridgehead atoms. The Balaban J connectivity index is 1.89. The lowest BCUT2D eigenvalue weighted by Crippen LogP contribution is -2.03. The Kier molecular flexibility index (Phi) is 3.81. The van der Waals surface area contributed by atoms with Gasteiger partial charge in [0.05, 0.1) is 17.2 Å². The molecule has 0 spiro atoms. The highest BCUT2D eigenvalue weighted by Crippen LogP contribution is 2.28. The van der Waals surface area contributed by atoms with E-state index in [0.717, 1.165) is 11.1 Å². The van der Waals surface area contributed by atoms with Gasteiger partial charge in [-0.05, 0) is 23.8 Å². The Morgan fingerprint density at radius 2 is 1.77 bits per heavy atom. The van der Waals surface area contributed by atoms with Crippen molar-refractivity contribution >= 4 is 22.5 Å². The second kappa shape index (κ2) is 6.29. The number of benzene rings is 2. The van der Waals surface area contributed by atoms with Gasteiger partial charge in [-0.1, -0.05) is 30.3 Å². The van der Waals surface area contributed by atoms with Crippen molar-refractivity contribution in [1.29, 1.82) is 0 Å². The maximum atomic E-state index is 10.9. The first-order valence-electron chi connectivity index (χ1n) is 8.03. The Labute approximate surface area is 148 Å². The van der Waals surface area contributed by atoms with Gasteiger partial charge in [-0.25, -0.2) is 9.97 Å². The van der Waals surface area contributed by atoms with Crippen LogP contribution in [0.1, 0.15) is 5.56 Å². The van der Waals surface area contributed by atoms with Crippen LogP contribution in [0.15, 0.2) is 66.9 Å². The van der Waals surface area contributed by atoms with Gasteiger partial charge in [-0.15, -0.1) is 0 Å². The lowest BCUT2D eigenvalue weighted by atomic mass is 10.2. The summed E-state index contributed by atoms with van der Waals surface area (Å²) >= 11 is 0. The maximum absolute atomic E-state index is 10.9. The molecule has 2 heterocycles. The molecule has 7 heteroatoms. The predicted molar refractivity (Wildman–Crippen MR) is 99.6 cm³/mol. The monoisotopic (exact) mass is 345 g/mol. The van der Waals surface area contributed by atoms with Crippen LogP contribution in [-0.2, 0) is 6.54 Å². The molecular weight excluding hydrogens is 330 g/mol. The summed E-state index contributed by atoms with van der Waals surface area (Å²) in [7, 11) is 0. The SMILES string of the molecule is Nc1ccnc2c1nc(-c1ccc([N+](=O)[O-])cc1)n2Cc1ccccc1. The number of anilines is 1. The summed E-state index contributed by atoms with van der Waals surface area (Å²) in [4.78, 5) is 19.6. The van der Waals surface area contributed by atoms with Crippen molar-refractivity contribution in [1.82, 2.24) is 14.5 Å². The van der Waals surface area contributed by atoms with E-state index in [1.165, 1.54) is 12.1 Å². The van der Waals surface area contributed by atoms with Crippen molar-refractivity contribution in [2.24, 2.45) is 0 Å². The van der Waals surface area contributed by atoms with Crippen molar-refractivity contribution in [2.75, 3.05) is 5.73 Å². The summed E-state index contributed by atoms with van der Waals surface area (Å²) < 4.78 is 1.97. The van der Waals surface area contributed by atoms with Gasteiger partial charge in [0.15, 0.2) is 5.65 Å². The summed E-state index contributed by atoms with van der Waals surface area (Å²) in [5, 5.41) is 10.9. The average Bonchev–Trinajstić information content (AvgIpc) is 3.03. The molecule has 0 fully saturated rings. The highest BCUT2D eigenvalue weighted by atomic mass is 16.6. The number of pyridine rings is 1. The van der Waals surface area contributed by atoms with E-state index in [1.807, 2.05) is 34.9 Å². The third-order valence-electron chi connectivity index (χ3n) is 4.19. The van der Waals surface area contributed by atoms with E-state index in [1.54, 1.807) is 24.4 Å². The summed E-state index contributed by atoms with van der Waals surface area (Å²) in [6, 6.07) is 18.0. The van der Waals surface area contributed by atoms with Crippen molar-refractivity contribution in [3.8, 4) is 11.4 Å². The number of nitro benzene ring substituents is 1. The molecule has 128 valence electrons. The normalized spacial score (nSPS) is 10.9. The first-order chi connectivity index (χ1) is 12.6. The van der Waals surface area contributed by atoms with Gasteiger partial charge >= 0.3 is 0 Å². The number of rotatable bonds is 4. The number of nitrogens with two attached hydrogens (primary N) is 1. The van der Waals surface area contributed by atoms with Gasteiger partial charge in [0.1, 0.15) is 11.3 Å². The molecule has 4 rings (SSSR count). The van der Waals surface area contributed by atoms with Crippen molar-refractivity contribution < 1.29 is 4.92 Å². The first-order valence-corrected chi connectivity index (χ1v) is 8.03. The first kappa shape index (κ1) is 15.8. The van der Waals surface area contributed by atoms with Gasteiger partial charge in [0.25, 0.3) is 5.69 Å². The van der Waals surface area contributed by atoms with Crippen LogP contribution in [0.2, 0.25) is 0 Å². The Hall–Kier alpha value is -3.74. The molecule has 2 N–H and O–H groups in total. The smallest absolute Gasteiger partial charge is 0.269 e. The zero-order chi connectivity index (χ0) is 18.1. The van der Waals surface area contributed by atoms with Crippen molar-refractivity contribution in [3.05, 3.63) is 82.5 Å². The van der Waals surface area contributed by atoms with E-state index >= 15 is 0 Å². The number of non-ortho nitro benzene ring substituents is 1. The zero-order valence-electron chi connectivity index (χ0n) is 13.7. The second-order valence-corrected chi connectivity index (χ2v) is 5.88. The van der Waals surface area contributed by atoms with Gasteiger partial charge < -0.3 is 10.3 Å². The Morgan fingerprint density at radius 1 is 1.04 bits per heavy atom. The highest BCUT2D eigenvalue weighted by Gasteiger charge is 2.16. The fourth-order valence-corrected chi connectivity index (χ4v) is 2.90. The molecule has 7 nitrogen and oxygen atoms in total. The van der Waals surface area contributed by atoms with Crippen LogP contribution >= 0.6 is 0 Å². The lowest BCUT2D eigenvalue weighted by Gasteiger charge is -2.09. The van der Waals surface area contributed by atoms with Crippen LogP contribution in [0, 0.1) is 10.1 Å². The minimum atomic E-state index is -0.420. The number of aromatic nitrogens is 3. The van der Waals surface area contributed by atoms with Crippen LogP contribution in [0.5, 0.6) is 0 Å². The quantitative estimate of drug-likeness (QED) is 0.449. The number of nitrogen functional groups attached to an aromatic ring is 1. The molecule has 0 aliphatic carbocycles. The molecule has 0 unspecified atom stereocenters. The summed E-state index contributed by atoms with van der Waals surface area (Å²) in [5.74, 6) is 0.671. The number of hydrogen-bond donors (Lipinski definition) is 1. The summed E-state index contributed by atoms with van der Waals surface area (Å²) in [6.45, 7) is 0.570. The Bertz CT molecular complexity index is 1090. The van der Waals surface area contributed by atoms with E-state index in [-0.39, 0.29) is 5.69 Å². The molecule has 26 heavy (non-hydrogen) atoms. The number of nitro groups is 1. The number of imidazole rings is 1. The van der Waals surface area contributed by atoms with Crippen LogP contribution in [-0.4, -0.2) is 19.5 Å². The predicted octanol–water partition coefficient (Wildman–Crippen LogP) is 3.64. The van der Waals surface area contributed by atoms with E-state index in [4.69, 9.17) is 5.73 Å². The molecule has 0 aliphatic rings. The van der Waals surface area contributed by atoms with E-state index in [2.05, 4.69) is 9.97 Å². The van der Waals surface area contributed by atoms with Crippen LogP contribution in [0.25, 0.3) is 22.6 Å². The zero-order valence-corrected chi connectivity index (χ0v) is 13.7. The van der Waals surface area contributed by atoms with Crippen LogP contribution < -0.4 is 5.73 Å².